The maximum Gasteiger partial charge on any atom is 0.277 e. The smallest absolute Gasteiger partial charge is 0.277 e. The zero-order valence-electron chi connectivity index (χ0n) is 11.0. The van der Waals surface area contributed by atoms with Gasteiger partial charge >= 0.3 is 0 Å². The van der Waals surface area contributed by atoms with Crippen molar-refractivity contribution in [1.82, 2.24) is 3.97 Å². The lowest BCUT2D eigenvalue weighted by Gasteiger charge is -2.04. The van der Waals surface area contributed by atoms with Gasteiger partial charge in [-0.15, -0.1) is 11.3 Å². The Hall–Kier alpha value is -1.15. The predicted octanol–water partition coefficient (Wildman–Crippen LogP) is 3.20. The van der Waals surface area contributed by atoms with Crippen LogP contribution in [0.3, 0.4) is 0 Å². The Morgan fingerprint density at radius 3 is 2.62 bits per heavy atom. The molecule has 0 spiro atoms. The SMILES string of the molecule is NCCc1cn(S(=O)(=O)c2ccc(Br)s2)c2ccccc12. The summed E-state index contributed by atoms with van der Waals surface area (Å²) in [6.07, 6.45) is 2.33. The number of thiophene rings is 1. The summed E-state index contributed by atoms with van der Waals surface area (Å²) in [6, 6.07) is 10.8. The van der Waals surface area contributed by atoms with E-state index in [9.17, 15) is 8.42 Å². The lowest BCUT2D eigenvalue weighted by Crippen LogP contribution is -2.10. The summed E-state index contributed by atoms with van der Waals surface area (Å²) in [5.74, 6) is 0. The van der Waals surface area contributed by atoms with E-state index in [0.29, 0.717) is 22.7 Å². The molecule has 0 bridgehead atoms. The van der Waals surface area contributed by atoms with Gasteiger partial charge in [0.25, 0.3) is 10.0 Å². The van der Waals surface area contributed by atoms with Crippen LogP contribution < -0.4 is 5.73 Å². The summed E-state index contributed by atoms with van der Waals surface area (Å²) in [5, 5.41) is 0.933. The Labute approximate surface area is 135 Å². The van der Waals surface area contributed by atoms with E-state index in [1.165, 1.54) is 15.3 Å². The van der Waals surface area contributed by atoms with Crippen molar-refractivity contribution < 1.29 is 8.42 Å². The molecule has 0 aliphatic heterocycles. The number of para-hydroxylation sites is 1. The van der Waals surface area contributed by atoms with Gasteiger partial charge in [0, 0.05) is 11.6 Å². The first-order chi connectivity index (χ1) is 10.0. The minimum Gasteiger partial charge on any atom is -0.330 e. The van der Waals surface area contributed by atoms with Crippen LogP contribution in [0.5, 0.6) is 0 Å². The summed E-state index contributed by atoms with van der Waals surface area (Å²) < 4.78 is 28.1. The van der Waals surface area contributed by atoms with Crippen molar-refractivity contribution in [2.75, 3.05) is 6.54 Å². The van der Waals surface area contributed by atoms with Crippen LogP contribution in [0.1, 0.15) is 5.56 Å². The molecule has 3 aromatic rings. The second kappa shape index (κ2) is 5.57. The van der Waals surface area contributed by atoms with E-state index < -0.39 is 10.0 Å². The lowest BCUT2D eigenvalue weighted by atomic mass is 10.1. The van der Waals surface area contributed by atoms with Crippen LogP contribution in [0.15, 0.2) is 50.6 Å². The molecule has 4 nitrogen and oxygen atoms in total. The molecule has 0 atom stereocenters. The quantitative estimate of drug-likeness (QED) is 0.750. The number of fused-ring (bicyclic) bond motifs is 1. The van der Waals surface area contributed by atoms with Gasteiger partial charge in [-0.1, -0.05) is 18.2 Å². The Balaban J connectivity index is 2.25. The van der Waals surface area contributed by atoms with Gasteiger partial charge in [0.2, 0.25) is 0 Å². The summed E-state index contributed by atoms with van der Waals surface area (Å²) in [6.45, 7) is 0.485. The van der Waals surface area contributed by atoms with Crippen LogP contribution in [0, 0.1) is 0 Å². The third kappa shape index (κ3) is 2.55. The largest absolute Gasteiger partial charge is 0.330 e. The monoisotopic (exact) mass is 384 g/mol. The lowest BCUT2D eigenvalue weighted by molar-refractivity contribution is 0.591. The number of benzene rings is 1. The molecule has 3 rings (SSSR count). The highest BCUT2D eigenvalue weighted by molar-refractivity contribution is 9.11. The average Bonchev–Trinajstić information content (AvgIpc) is 3.05. The maximum absolute atomic E-state index is 12.8. The van der Waals surface area contributed by atoms with Gasteiger partial charge in [-0.05, 0) is 52.7 Å². The minimum absolute atomic E-state index is 0.314. The molecule has 0 unspecified atom stereocenters. The molecule has 2 heterocycles. The van der Waals surface area contributed by atoms with Crippen molar-refractivity contribution in [1.29, 1.82) is 0 Å². The van der Waals surface area contributed by atoms with Crippen molar-refractivity contribution >= 4 is 48.2 Å². The van der Waals surface area contributed by atoms with Gasteiger partial charge in [0.15, 0.2) is 0 Å². The second-order valence-electron chi connectivity index (χ2n) is 4.57. The molecular formula is C14H13BrN2O2S2. The molecule has 0 radical (unpaired) electrons. The first kappa shape index (κ1) is 14.8. The normalized spacial score (nSPS) is 12.1. The van der Waals surface area contributed by atoms with Gasteiger partial charge in [0.05, 0.1) is 9.30 Å². The fraction of sp³-hybridized carbons (Fsp3) is 0.143. The molecule has 0 aliphatic carbocycles. The second-order valence-corrected chi connectivity index (χ2v) is 9.07. The minimum atomic E-state index is -3.58. The highest BCUT2D eigenvalue weighted by atomic mass is 79.9. The van der Waals surface area contributed by atoms with Crippen LogP contribution in [-0.2, 0) is 16.4 Å². The van der Waals surface area contributed by atoms with Crippen molar-refractivity contribution in [3.8, 4) is 0 Å². The van der Waals surface area contributed by atoms with E-state index in [-0.39, 0.29) is 0 Å². The summed E-state index contributed by atoms with van der Waals surface area (Å²) >= 11 is 4.51. The number of nitrogens with two attached hydrogens (primary N) is 1. The molecule has 110 valence electrons. The molecule has 2 aromatic heterocycles. The molecule has 21 heavy (non-hydrogen) atoms. The van der Waals surface area contributed by atoms with Crippen LogP contribution >= 0.6 is 27.3 Å². The Kier molecular flexibility index (Phi) is 3.92. The van der Waals surface area contributed by atoms with Crippen molar-refractivity contribution in [3.63, 3.8) is 0 Å². The number of hydrogen-bond donors (Lipinski definition) is 1. The summed E-state index contributed by atoms with van der Waals surface area (Å²) in [5.41, 5.74) is 7.26. The molecule has 0 saturated heterocycles. The highest BCUT2D eigenvalue weighted by Gasteiger charge is 2.22. The maximum atomic E-state index is 12.8. The van der Waals surface area contributed by atoms with E-state index in [0.717, 1.165) is 14.7 Å². The van der Waals surface area contributed by atoms with Crippen molar-refractivity contribution in [3.05, 3.63) is 51.9 Å². The third-order valence-corrected chi connectivity index (χ3v) is 7.00. The first-order valence-corrected chi connectivity index (χ1v) is 9.39. The molecule has 2 N–H and O–H groups in total. The van der Waals surface area contributed by atoms with E-state index in [1.54, 1.807) is 18.3 Å². The highest BCUT2D eigenvalue weighted by Crippen LogP contribution is 2.31. The Bertz CT molecular complexity index is 897. The van der Waals surface area contributed by atoms with Crippen LogP contribution in [-0.4, -0.2) is 18.9 Å². The number of halogens is 1. The van der Waals surface area contributed by atoms with E-state index in [1.807, 2.05) is 24.3 Å². The van der Waals surface area contributed by atoms with E-state index in [2.05, 4.69) is 15.9 Å². The zero-order valence-corrected chi connectivity index (χ0v) is 14.2. The zero-order chi connectivity index (χ0) is 15.0. The van der Waals surface area contributed by atoms with E-state index >= 15 is 0 Å². The van der Waals surface area contributed by atoms with Gasteiger partial charge < -0.3 is 5.73 Å². The Morgan fingerprint density at radius 1 is 1.19 bits per heavy atom. The molecule has 0 fully saturated rings. The first-order valence-electron chi connectivity index (χ1n) is 6.34. The molecule has 7 heteroatoms. The average molecular weight is 385 g/mol. The number of rotatable bonds is 4. The summed E-state index contributed by atoms with van der Waals surface area (Å²) in [7, 11) is -3.58. The van der Waals surface area contributed by atoms with Crippen molar-refractivity contribution in [2.24, 2.45) is 5.73 Å². The fourth-order valence-corrected chi connectivity index (χ4v) is 5.80. The fourth-order valence-electron chi connectivity index (χ4n) is 2.30. The predicted molar refractivity (Wildman–Crippen MR) is 89.3 cm³/mol. The van der Waals surface area contributed by atoms with Crippen LogP contribution in [0.25, 0.3) is 10.9 Å². The molecule has 0 saturated carbocycles. The number of hydrogen-bond acceptors (Lipinski definition) is 4. The summed E-state index contributed by atoms with van der Waals surface area (Å²) in [4.78, 5) is 0. The van der Waals surface area contributed by atoms with Gasteiger partial charge in [-0.2, -0.15) is 8.42 Å². The topological polar surface area (TPSA) is 65.1 Å². The molecular weight excluding hydrogens is 372 g/mol. The van der Waals surface area contributed by atoms with Gasteiger partial charge in [0.1, 0.15) is 4.21 Å². The standard InChI is InChI=1S/C14H13BrN2O2S2/c15-13-5-6-14(20-13)21(18,19)17-9-10(7-8-16)11-3-1-2-4-12(11)17/h1-6,9H,7-8,16H2. The molecule has 0 aliphatic rings. The number of nitrogens with zero attached hydrogens (tertiary/aromatic N) is 1. The third-order valence-electron chi connectivity index (χ3n) is 3.24. The molecule has 1 aromatic carbocycles. The van der Waals surface area contributed by atoms with E-state index in [4.69, 9.17) is 5.73 Å². The van der Waals surface area contributed by atoms with Gasteiger partial charge in [-0.3, -0.25) is 0 Å². The van der Waals surface area contributed by atoms with Crippen LogP contribution in [0.4, 0.5) is 0 Å². The molecule has 0 amide bonds. The number of aromatic nitrogens is 1. The van der Waals surface area contributed by atoms with Crippen LogP contribution in [0.2, 0.25) is 0 Å². The van der Waals surface area contributed by atoms with Gasteiger partial charge in [-0.25, -0.2) is 3.97 Å². The Morgan fingerprint density at radius 2 is 1.95 bits per heavy atom. The van der Waals surface area contributed by atoms with Crippen molar-refractivity contribution in [2.45, 2.75) is 10.6 Å².